The smallest absolute Gasteiger partial charge is 0.429 e. The number of benzene rings is 1. The molecule has 4 atom stereocenters. The fraction of sp³-hybridized carbons (Fsp3) is 0.545. The zero-order valence-electron chi connectivity index (χ0n) is 18.7. The van der Waals surface area contributed by atoms with Crippen LogP contribution >= 0.6 is 85.5 Å². The predicted molar refractivity (Wildman–Crippen MR) is 142 cm³/mol. The monoisotopic (exact) mass is 696 g/mol. The maximum Gasteiger partial charge on any atom is 0.429 e. The lowest BCUT2D eigenvalue weighted by atomic mass is 9.76. The summed E-state index contributed by atoms with van der Waals surface area (Å²) >= 11 is 38.0. The quantitative estimate of drug-likeness (QED) is 0.199. The summed E-state index contributed by atoms with van der Waals surface area (Å²) in [5.41, 5.74) is -0.540. The Morgan fingerprint density at radius 1 is 0.892 bits per heavy atom. The van der Waals surface area contributed by atoms with Crippen LogP contribution in [0.3, 0.4) is 0 Å². The summed E-state index contributed by atoms with van der Waals surface area (Å²) in [6.45, 7) is -0.678. The first-order chi connectivity index (χ1) is 17.2. The summed E-state index contributed by atoms with van der Waals surface area (Å²) in [5.74, 6) is 0. The van der Waals surface area contributed by atoms with Crippen LogP contribution in [0.25, 0.3) is 0 Å². The Labute approximate surface area is 251 Å². The van der Waals surface area contributed by atoms with Crippen LogP contribution in [0, 0.1) is 0 Å². The van der Waals surface area contributed by atoms with Crippen molar-refractivity contribution < 1.29 is 28.5 Å². The van der Waals surface area contributed by atoms with Crippen molar-refractivity contribution in [3.8, 4) is 0 Å². The molecule has 0 N–H and O–H groups in total. The van der Waals surface area contributed by atoms with E-state index < -0.39 is 56.3 Å². The Bertz CT molecular complexity index is 1050. The van der Waals surface area contributed by atoms with Crippen LogP contribution in [-0.4, -0.2) is 72.4 Å². The molecule has 0 radical (unpaired) electrons. The third-order valence-electron chi connectivity index (χ3n) is 6.78. The van der Waals surface area contributed by atoms with Crippen molar-refractivity contribution in [1.82, 2.24) is 10.0 Å². The summed E-state index contributed by atoms with van der Waals surface area (Å²) in [4.78, 5) is 26.4. The number of alkyl halides is 6. The maximum atomic E-state index is 13.2. The second-order valence-electron chi connectivity index (χ2n) is 9.15. The number of ether oxygens (including phenoxy) is 4. The molecule has 5 aliphatic rings. The van der Waals surface area contributed by atoms with E-state index in [0.717, 1.165) is 20.1 Å². The average Bonchev–Trinajstić information content (AvgIpc) is 3.38. The van der Waals surface area contributed by atoms with Gasteiger partial charge < -0.3 is 18.9 Å². The molecule has 0 aromatic heterocycles. The van der Waals surface area contributed by atoms with Crippen molar-refractivity contribution in [2.75, 3.05) is 13.2 Å². The van der Waals surface area contributed by atoms with E-state index in [0.29, 0.717) is 19.4 Å². The van der Waals surface area contributed by atoms with E-state index in [4.69, 9.17) is 88.6 Å². The Balaban J connectivity index is 1.37. The molecule has 3 heterocycles. The van der Waals surface area contributed by atoms with Crippen LogP contribution in [0.2, 0.25) is 0 Å². The van der Waals surface area contributed by atoms with Crippen LogP contribution in [0.5, 0.6) is 0 Å². The van der Waals surface area contributed by atoms with E-state index in [1.165, 1.54) is 0 Å². The number of carbonyl (C=O) groups is 2. The van der Waals surface area contributed by atoms with Gasteiger partial charge >= 0.3 is 12.2 Å². The number of fused-ring (bicyclic) bond motifs is 1. The molecule has 202 valence electrons. The molecule has 15 heteroatoms. The van der Waals surface area contributed by atoms with Crippen LogP contribution in [0.1, 0.15) is 18.4 Å². The van der Waals surface area contributed by atoms with Gasteiger partial charge in [0.2, 0.25) is 7.59 Å². The number of halogens is 7. The number of hydrogen-bond donors (Lipinski definition) is 0. The first kappa shape index (κ1) is 28.2. The van der Waals surface area contributed by atoms with Crippen LogP contribution in [-0.2, 0) is 25.6 Å². The second-order valence-corrected chi connectivity index (χ2v) is 15.1. The highest BCUT2D eigenvalue weighted by molar-refractivity contribution is 9.10. The number of hydrogen-bond acceptors (Lipinski definition) is 6. The molecule has 1 saturated carbocycles. The topological polar surface area (TPSA) is 80.8 Å². The Kier molecular flexibility index (Phi) is 7.56. The van der Waals surface area contributed by atoms with Gasteiger partial charge in [0.1, 0.15) is 36.5 Å². The van der Waals surface area contributed by atoms with Crippen molar-refractivity contribution in [2.24, 2.45) is 0 Å². The number of hydrazine groups is 1. The lowest BCUT2D eigenvalue weighted by molar-refractivity contribution is -0.0881. The molecular formula is C22H19BrCl6N2O6. The van der Waals surface area contributed by atoms with Gasteiger partial charge in [-0.2, -0.15) is 0 Å². The van der Waals surface area contributed by atoms with Gasteiger partial charge in [0.05, 0.1) is 12.7 Å². The van der Waals surface area contributed by atoms with Crippen molar-refractivity contribution in [2.45, 2.75) is 56.4 Å². The van der Waals surface area contributed by atoms with E-state index in [2.05, 4.69) is 15.9 Å². The van der Waals surface area contributed by atoms with Crippen molar-refractivity contribution >= 4 is 97.7 Å². The third kappa shape index (κ3) is 5.37. The first-order valence-corrected chi connectivity index (χ1v) is 14.1. The standard InChI is InChI=1S/C22H19BrCl6N2O6/c23-13-3-1-12(2-4-13)9-34-14-7-19-15-5-6-16(20(19,8-14)37-19)31(18(33)36-11-22(27,28)29)30(15)17(32)35-10-21(24,25)26/h1-6,14-16H,7-11H2/t15-,16-,19+,20+/m0/s1. The van der Waals surface area contributed by atoms with Crippen LogP contribution in [0.15, 0.2) is 40.9 Å². The molecule has 2 saturated heterocycles. The molecule has 0 spiro atoms. The van der Waals surface area contributed by atoms with Gasteiger partial charge in [-0.05, 0) is 17.7 Å². The minimum absolute atomic E-state index is 0.182. The third-order valence-corrected chi connectivity index (χ3v) is 7.97. The molecular weight excluding hydrogens is 681 g/mol. The van der Waals surface area contributed by atoms with Gasteiger partial charge in [-0.1, -0.05) is 110 Å². The summed E-state index contributed by atoms with van der Waals surface area (Å²) in [6, 6.07) is 6.41. The zero-order chi connectivity index (χ0) is 26.8. The van der Waals surface area contributed by atoms with Gasteiger partial charge in [-0.25, -0.2) is 19.6 Å². The number of carbonyl (C=O) groups excluding carboxylic acids is 2. The Hall–Kier alpha value is -0.360. The fourth-order valence-electron chi connectivity index (χ4n) is 5.42. The molecule has 2 aliphatic carbocycles. The molecule has 8 nitrogen and oxygen atoms in total. The molecule has 2 amide bonds. The lowest BCUT2D eigenvalue weighted by Crippen LogP contribution is -2.71. The van der Waals surface area contributed by atoms with Gasteiger partial charge in [0, 0.05) is 17.3 Å². The van der Waals surface area contributed by atoms with Crippen molar-refractivity contribution in [3.05, 3.63) is 46.5 Å². The number of epoxide rings is 1. The largest absolute Gasteiger partial charge is 0.444 e. The van der Waals surface area contributed by atoms with Gasteiger partial charge in [-0.3, -0.25) is 0 Å². The fourth-order valence-corrected chi connectivity index (χ4v) is 6.01. The number of nitrogens with zero attached hydrogens (tertiary/aromatic N) is 2. The highest BCUT2D eigenvalue weighted by Gasteiger charge is 2.86. The van der Waals surface area contributed by atoms with Gasteiger partial charge in [-0.15, -0.1) is 0 Å². The highest BCUT2D eigenvalue weighted by Crippen LogP contribution is 2.70. The summed E-state index contributed by atoms with van der Waals surface area (Å²) < 4.78 is 20.2. The minimum Gasteiger partial charge on any atom is -0.444 e. The summed E-state index contributed by atoms with van der Waals surface area (Å²) in [5, 5.41) is 2.23. The minimum atomic E-state index is -1.85. The number of amides is 2. The zero-order valence-corrected chi connectivity index (χ0v) is 24.8. The van der Waals surface area contributed by atoms with E-state index in [9.17, 15) is 9.59 Å². The lowest BCUT2D eigenvalue weighted by Gasteiger charge is -2.50. The SMILES string of the molecule is O=C(OCC(Cl)(Cl)Cl)N1[C@H]2C=C[C@H](N1C(=O)OCC(Cl)(Cl)Cl)[C@]13CC(OCc4ccc(Br)cc4)C[C@@]21O3. The molecule has 37 heavy (non-hydrogen) atoms. The number of rotatable bonds is 5. The van der Waals surface area contributed by atoms with Crippen molar-refractivity contribution in [1.29, 1.82) is 0 Å². The molecule has 1 aromatic carbocycles. The van der Waals surface area contributed by atoms with E-state index >= 15 is 0 Å². The molecule has 2 bridgehead atoms. The Morgan fingerprint density at radius 2 is 1.35 bits per heavy atom. The van der Waals surface area contributed by atoms with E-state index in [1.807, 2.05) is 24.3 Å². The highest BCUT2D eigenvalue weighted by atomic mass is 79.9. The first-order valence-electron chi connectivity index (χ1n) is 11.0. The molecule has 3 fully saturated rings. The molecule has 0 unspecified atom stereocenters. The average molecular weight is 700 g/mol. The summed E-state index contributed by atoms with van der Waals surface area (Å²) in [7, 11) is 0. The summed E-state index contributed by atoms with van der Waals surface area (Å²) in [6.07, 6.45) is 2.56. The molecule has 1 aromatic rings. The molecule has 6 rings (SSSR count). The predicted octanol–water partition coefficient (Wildman–Crippen LogP) is 6.49. The van der Waals surface area contributed by atoms with E-state index in [-0.39, 0.29) is 6.10 Å². The Morgan fingerprint density at radius 3 is 1.78 bits per heavy atom. The van der Waals surface area contributed by atoms with Crippen LogP contribution in [0.4, 0.5) is 9.59 Å². The second kappa shape index (κ2) is 9.93. The normalized spacial score (nSPS) is 30.2. The van der Waals surface area contributed by atoms with Gasteiger partial charge in [0.15, 0.2) is 0 Å². The van der Waals surface area contributed by atoms with Gasteiger partial charge in [0.25, 0.3) is 0 Å². The molecule has 3 aliphatic heterocycles. The van der Waals surface area contributed by atoms with Crippen molar-refractivity contribution in [3.63, 3.8) is 0 Å². The van der Waals surface area contributed by atoms with E-state index in [1.54, 1.807) is 12.2 Å². The maximum absolute atomic E-state index is 13.2. The van der Waals surface area contributed by atoms with Crippen LogP contribution < -0.4 is 0 Å².